The van der Waals surface area contributed by atoms with E-state index in [4.69, 9.17) is 32.7 Å². The van der Waals surface area contributed by atoms with Gasteiger partial charge >= 0.3 is 0 Å². The van der Waals surface area contributed by atoms with Crippen LogP contribution in [0.5, 0.6) is 0 Å². The highest BCUT2D eigenvalue weighted by Crippen LogP contribution is 2.32. The number of hydrogen-bond donors (Lipinski definition) is 0. The fourth-order valence-electron chi connectivity index (χ4n) is 3.90. The van der Waals surface area contributed by atoms with Gasteiger partial charge in [0.2, 0.25) is 10.0 Å². The summed E-state index contributed by atoms with van der Waals surface area (Å²) < 4.78 is 35.0. The third-order valence-corrected chi connectivity index (χ3v) is 8.31. The number of rotatable bonds is 9. The fraction of sp³-hybridized carbons (Fsp3) is 0.292. The molecule has 2 aromatic heterocycles. The highest BCUT2D eigenvalue weighted by molar-refractivity contribution is 7.89. The third-order valence-electron chi connectivity index (χ3n) is 5.80. The van der Waals surface area contributed by atoms with E-state index in [0.29, 0.717) is 28.2 Å². The molecule has 0 saturated carbocycles. The number of anilines is 1. The average Bonchev–Trinajstić information content (AvgIpc) is 3.45. The van der Waals surface area contributed by atoms with Crippen LogP contribution in [0.1, 0.15) is 25.2 Å². The molecule has 0 aliphatic heterocycles. The zero-order valence-electron chi connectivity index (χ0n) is 19.2. The monoisotopic (exact) mass is 520 g/mol. The largest absolute Gasteiger partial charge is 0.468 e. The topological polar surface area (TPSA) is 71.6 Å². The van der Waals surface area contributed by atoms with Gasteiger partial charge in [0, 0.05) is 41.1 Å². The number of sulfonamides is 1. The van der Waals surface area contributed by atoms with Crippen molar-refractivity contribution in [2.45, 2.75) is 31.8 Å². The summed E-state index contributed by atoms with van der Waals surface area (Å²) in [6.07, 6.45) is 1.53. The number of benzene rings is 2. The van der Waals surface area contributed by atoms with Gasteiger partial charge in [0.15, 0.2) is 5.82 Å². The van der Waals surface area contributed by atoms with E-state index in [9.17, 15) is 8.42 Å². The first-order valence-electron chi connectivity index (χ1n) is 10.9. The Labute approximate surface area is 209 Å². The molecular formula is C24H26Cl2N4O3S. The smallest absolute Gasteiger partial charge is 0.243 e. The van der Waals surface area contributed by atoms with Crippen molar-refractivity contribution in [1.29, 1.82) is 0 Å². The summed E-state index contributed by atoms with van der Waals surface area (Å²) in [4.78, 5) is 2.29. The van der Waals surface area contributed by atoms with E-state index in [-0.39, 0.29) is 11.4 Å². The Morgan fingerprint density at radius 1 is 1.03 bits per heavy atom. The second kappa shape index (κ2) is 10.00. The van der Waals surface area contributed by atoms with Gasteiger partial charge < -0.3 is 9.32 Å². The lowest BCUT2D eigenvalue weighted by Gasteiger charge is -2.19. The van der Waals surface area contributed by atoms with Crippen LogP contribution in [0.4, 0.5) is 5.82 Å². The van der Waals surface area contributed by atoms with Crippen molar-refractivity contribution in [2.75, 3.05) is 25.0 Å². The first-order valence-corrected chi connectivity index (χ1v) is 13.1. The highest BCUT2D eigenvalue weighted by atomic mass is 35.5. The van der Waals surface area contributed by atoms with Gasteiger partial charge in [-0.15, -0.1) is 0 Å². The molecular weight excluding hydrogens is 495 g/mol. The van der Waals surface area contributed by atoms with Crippen LogP contribution >= 0.6 is 23.2 Å². The van der Waals surface area contributed by atoms with E-state index in [1.165, 1.54) is 17.6 Å². The minimum absolute atomic E-state index is 0.139. The fourth-order valence-corrected chi connectivity index (χ4v) is 5.58. The third kappa shape index (κ3) is 4.68. The molecule has 0 bridgehead atoms. The lowest BCUT2D eigenvalue weighted by molar-refractivity contribution is 0.406. The molecule has 0 amide bonds. The highest BCUT2D eigenvalue weighted by Gasteiger charge is 2.25. The second-order valence-corrected chi connectivity index (χ2v) is 10.7. The summed E-state index contributed by atoms with van der Waals surface area (Å²) in [7, 11) is -2.21. The normalized spacial score (nSPS) is 12.1. The molecule has 0 N–H and O–H groups in total. The van der Waals surface area contributed by atoms with E-state index in [1.807, 2.05) is 18.5 Å². The Morgan fingerprint density at radius 3 is 2.35 bits per heavy atom. The first kappa shape index (κ1) is 24.6. The van der Waals surface area contributed by atoms with Crippen molar-refractivity contribution in [3.05, 3.63) is 76.2 Å². The number of fused-ring (bicyclic) bond motifs is 1. The van der Waals surface area contributed by atoms with E-state index in [2.05, 4.69) is 4.90 Å². The molecule has 180 valence electrons. The van der Waals surface area contributed by atoms with E-state index >= 15 is 0 Å². The van der Waals surface area contributed by atoms with Crippen molar-refractivity contribution in [1.82, 2.24) is 14.1 Å². The Hall–Kier alpha value is -2.52. The molecule has 0 spiro atoms. The van der Waals surface area contributed by atoms with Crippen LogP contribution in [-0.4, -0.2) is 42.6 Å². The summed E-state index contributed by atoms with van der Waals surface area (Å²) in [5, 5.41) is 6.70. The van der Waals surface area contributed by atoms with Crippen LogP contribution in [0.15, 0.2) is 64.1 Å². The lowest BCUT2D eigenvalue weighted by atomic mass is 10.2. The van der Waals surface area contributed by atoms with E-state index in [0.717, 1.165) is 29.6 Å². The maximum absolute atomic E-state index is 13.3. The quantitative estimate of drug-likeness (QED) is 0.285. The standard InChI is InChI=1S/C24H26Cl2N4O3S/c1-4-29(5-2)24-19-14-18(34(31,32)28(3)15-17-8-7-13-33-17)11-12-23(19)30(27-24)16-20-21(25)9-6-10-22(20)26/h6-14H,4-5,15-16H2,1-3H3. The van der Waals surface area contributed by atoms with Crippen LogP contribution in [-0.2, 0) is 23.1 Å². The van der Waals surface area contributed by atoms with Gasteiger partial charge in [0.05, 0.1) is 29.8 Å². The zero-order chi connectivity index (χ0) is 24.5. The van der Waals surface area contributed by atoms with Crippen LogP contribution in [0, 0.1) is 0 Å². The minimum Gasteiger partial charge on any atom is -0.468 e. The maximum atomic E-state index is 13.3. The van der Waals surface area contributed by atoms with Crippen molar-refractivity contribution >= 4 is 49.9 Å². The van der Waals surface area contributed by atoms with Gasteiger partial charge in [-0.1, -0.05) is 29.3 Å². The minimum atomic E-state index is -3.75. The van der Waals surface area contributed by atoms with E-state index in [1.54, 1.807) is 48.5 Å². The number of furan rings is 1. The number of hydrogen-bond acceptors (Lipinski definition) is 5. The van der Waals surface area contributed by atoms with Crippen LogP contribution < -0.4 is 4.90 Å². The van der Waals surface area contributed by atoms with Gasteiger partial charge in [-0.25, -0.2) is 8.42 Å². The van der Waals surface area contributed by atoms with Crippen molar-refractivity contribution in [2.24, 2.45) is 0 Å². The Morgan fingerprint density at radius 2 is 1.74 bits per heavy atom. The molecule has 0 atom stereocenters. The predicted molar refractivity (Wildman–Crippen MR) is 136 cm³/mol. The summed E-state index contributed by atoms with van der Waals surface area (Å²) in [5.41, 5.74) is 1.56. The average molecular weight is 521 g/mol. The van der Waals surface area contributed by atoms with Gasteiger partial charge in [-0.05, 0) is 56.3 Å². The molecule has 2 heterocycles. The SMILES string of the molecule is CCN(CC)c1nn(Cc2c(Cl)cccc2Cl)c2ccc(S(=O)(=O)N(C)Cc3ccco3)cc12. The number of nitrogens with zero attached hydrogens (tertiary/aromatic N) is 4. The summed E-state index contributed by atoms with van der Waals surface area (Å²) >= 11 is 12.8. The van der Waals surface area contributed by atoms with Gasteiger partial charge in [0.25, 0.3) is 0 Å². The van der Waals surface area contributed by atoms with Gasteiger partial charge in [-0.2, -0.15) is 9.40 Å². The van der Waals surface area contributed by atoms with Crippen molar-refractivity contribution in [3.8, 4) is 0 Å². The maximum Gasteiger partial charge on any atom is 0.243 e. The lowest BCUT2D eigenvalue weighted by Crippen LogP contribution is -2.26. The summed E-state index contributed by atoms with van der Waals surface area (Å²) in [6.45, 7) is 6.03. The molecule has 10 heteroatoms. The molecule has 0 aliphatic rings. The molecule has 4 rings (SSSR count). The molecule has 7 nitrogen and oxygen atoms in total. The second-order valence-electron chi connectivity index (χ2n) is 7.87. The van der Waals surface area contributed by atoms with Crippen molar-refractivity contribution < 1.29 is 12.8 Å². The molecule has 2 aromatic carbocycles. The number of aromatic nitrogens is 2. The van der Waals surface area contributed by atoms with Crippen LogP contribution in [0.3, 0.4) is 0 Å². The molecule has 0 saturated heterocycles. The van der Waals surface area contributed by atoms with Crippen LogP contribution in [0.25, 0.3) is 10.9 Å². The van der Waals surface area contributed by atoms with Crippen molar-refractivity contribution in [3.63, 3.8) is 0 Å². The van der Waals surface area contributed by atoms with Gasteiger partial charge in [0.1, 0.15) is 5.76 Å². The molecule has 0 unspecified atom stereocenters. The van der Waals surface area contributed by atoms with E-state index < -0.39 is 10.0 Å². The Kier molecular flexibility index (Phi) is 7.23. The molecule has 0 radical (unpaired) electrons. The molecule has 0 aliphatic carbocycles. The Balaban J connectivity index is 1.80. The van der Waals surface area contributed by atoms with Gasteiger partial charge in [-0.3, -0.25) is 4.68 Å². The predicted octanol–water partition coefficient (Wildman–Crippen LogP) is 5.65. The van der Waals surface area contributed by atoms with Crippen LogP contribution in [0.2, 0.25) is 10.0 Å². The molecule has 34 heavy (non-hydrogen) atoms. The Bertz CT molecular complexity index is 1380. The summed E-state index contributed by atoms with van der Waals surface area (Å²) in [5.74, 6) is 1.29. The zero-order valence-corrected chi connectivity index (χ0v) is 21.5. The summed E-state index contributed by atoms with van der Waals surface area (Å²) in [6, 6.07) is 13.9. The molecule has 0 fully saturated rings. The first-order chi connectivity index (χ1) is 16.3. The number of halogens is 2. The molecule has 4 aromatic rings.